The topological polar surface area (TPSA) is 70.2 Å². The maximum absolute atomic E-state index is 13.0. The van der Waals surface area contributed by atoms with Gasteiger partial charge in [0.1, 0.15) is 5.75 Å². The maximum atomic E-state index is 13.0. The summed E-state index contributed by atoms with van der Waals surface area (Å²) in [4.78, 5) is 23.8. The van der Waals surface area contributed by atoms with Crippen LogP contribution in [0.1, 0.15) is 36.8 Å². The number of H-pyrrole nitrogens is 1. The lowest BCUT2D eigenvalue weighted by Gasteiger charge is -2.23. The zero-order chi connectivity index (χ0) is 28.9. The summed E-state index contributed by atoms with van der Waals surface area (Å²) < 4.78 is 6.24. The molecule has 0 bridgehead atoms. The van der Waals surface area contributed by atoms with Gasteiger partial charge in [-0.1, -0.05) is 34.2 Å². The monoisotopic (exact) mass is 620 g/mol. The van der Waals surface area contributed by atoms with Crippen molar-refractivity contribution in [2.24, 2.45) is 0 Å². The number of hydrogen-bond acceptors (Lipinski definition) is 4. The summed E-state index contributed by atoms with van der Waals surface area (Å²) in [5.74, 6) is 7.46. The zero-order valence-electron chi connectivity index (χ0n) is 23.7. The van der Waals surface area contributed by atoms with Crippen molar-refractivity contribution >= 4 is 49.3 Å². The largest absolute Gasteiger partial charge is 0.497 e. The van der Waals surface area contributed by atoms with Crippen molar-refractivity contribution in [1.82, 2.24) is 14.9 Å². The summed E-state index contributed by atoms with van der Waals surface area (Å²) in [6, 6.07) is 21.9. The van der Waals surface area contributed by atoms with E-state index >= 15 is 0 Å². The third-order valence-corrected chi connectivity index (χ3v) is 8.29. The van der Waals surface area contributed by atoms with Crippen LogP contribution < -0.4 is 10.1 Å². The standard InChI is InChI=1S/C35H33BrN4O2/c1-42-28-12-10-27(11-13-28)38-35(41)16-8-25-21-34(31-23-37-32-15-9-26(36)22-30(31)32)39-33-14-7-24(20-29(25)33)6-5-19-40-17-3-2-4-18-40/h7,9-15,20-23,37H,2-4,8,16-19H2,1H3,(H,38,41). The third kappa shape index (κ3) is 6.51. The number of aryl methyl sites for hydroxylation is 1. The molecule has 1 fully saturated rings. The molecule has 0 unspecified atom stereocenters. The molecule has 2 N–H and O–H groups in total. The number of benzene rings is 3. The van der Waals surface area contributed by atoms with E-state index in [1.807, 2.05) is 42.6 Å². The zero-order valence-corrected chi connectivity index (χ0v) is 25.3. The van der Waals surface area contributed by atoms with E-state index in [0.29, 0.717) is 12.8 Å². The number of anilines is 1. The second kappa shape index (κ2) is 12.8. The van der Waals surface area contributed by atoms with Crippen LogP contribution in [0.15, 0.2) is 77.4 Å². The number of rotatable bonds is 7. The van der Waals surface area contributed by atoms with Crippen LogP contribution in [0.2, 0.25) is 0 Å². The van der Waals surface area contributed by atoms with Crippen molar-refractivity contribution in [3.63, 3.8) is 0 Å². The molecule has 0 spiro atoms. The number of hydrogen-bond donors (Lipinski definition) is 2. The highest BCUT2D eigenvalue weighted by molar-refractivity contribution is 9.10. The van der Waals surface area contributed by atoms with Crippen molar-refractivity contribution < 1.29 is 9.53 Å². The van der Waals surface area contributed by atoms with Gasteiger partial charge in [0.05, 0.1) is 24.9 Å². The number of amides is 1. The predicted molar refractivity (Wildman–Crippen MR) is 174 cm³/mol. The Morgan fingerprint density at radius 1 is 1.02 bits per heavy atom. The Labute approximate surface area is 254 Å². The molecule has 3 aromatic carbocycles. The minimum Gasteiger partial charge on any atom is -0.497 e. The van der Waals surface area contributed by atoms with E-state index in [1.54, 1.807) is 7.11 Å². The number of ether oxygens (including phenoxy) is 1. The molecule has 2 aromatic heterocycles. The van der Waals surface area contributed by atoms with E-state index in [-0.39, 0.29) is 5.91 Å². The van der Waals surface area contributed by atoms with E-state index in [0.717, 1.165) is 79.7 Å². The summed E-state index contributed by atoms with van der Waals surface area (Å²) in [5.41, 5.74) is 6.64. The fourth-order valence-corrected chi connectivity index (χ4v) is 5.90. The summed E-state index contributed by atoms with van der Waals surface area (Å²) in [5, 5.41) is 5.13. The lowest BCUT2D eigenvalue weighted by atomic mass is 9.99. The minimum atomic E-state index is -0.0415. The number of piperidine rings is 1. The smallest absolute Gasteiger partial charge is 0.224 e. The second-order valence-corrected chi connectivity index (χ2v) is 11.6. The van der Waals surface area contributed by atoms with Crippen molar-refractivity contribution in [3.8, 4) is 28.8 Å². The van der Waals surface area contributed by atoms with Crippen LogP contribution in [0.5, 0.6) is 5.75 Å². The van der Waals surface area contributed by atoms with Crippen LogP contribution >= 0.6 is 15.9 Å². The Bertz CT molecular complexity index is 1790. The summed E-state index contributed by atoms with van der Waals surface area (Å²) in [7, 11) is 1.63. The average Bonchev–Trinajstić information content (AvgIpc) is 3.44. The summed E-state index contributed by atoms with van der Waals surface area (Å²) >= 11 is 3.61. The lowest BCUT2D eigenvalue weighted by molar-refractivity contribution is -0.116. The number of carbonyl (C=O) groups excluding carboxylic acids is 1. The van der Waals surface area contributed by atoms with Gasteiger partial charge in [0, 0.05) is 50.2 Å². The second-order valence-electron chi connectivity index (χ2n) is 10.7. The van der Waals surface area contributed by atoms with Gasteiger partial charge in [-0.3, -0.25) is 9.69 Å². The number of aromatic nitrogens is 2. The Morgan fingerprint density at radius 3 is 2.67 bits per heavy atom. The van der Waals surface area contributed by atoms with Crippen LogP contribution in [-0.4, -0.2) is 47.5 Å². The Morgan fingerprint density at radius 2 is 1.86 bits per heavy atom. The number of nitrogens with one attached hydrogen (secondary N) is 2. The molecule has 7 heteroatoms. The third-order valence-electron chi connectivity index (χ3n) is 7.79. The van der Waals surface area contributed by atoms with Gasteiger partial charge >= 0.3 is 0 Å². The molecule has 1 amide bonds. The van der Waals surface area contributed by atoms with Gasteiger partial charge in [0.15, 0.2) is 0 Å². The van der Waals surface area contributed by atoms with Gasteiger partial charge in [-0.05, 0) is 105 Å². The maximum Gasteiger partial charge on any atom is 0.224 e. The molecule has 1 aliphatic heterocycles. The SMILES string of the molecule is COc1ccc(NC(=O)CCc2cc(-c3c[nH]c4ccc(Br)cc34)nc3ccc(C#CCN4CCCCC4)cc23)cc1. The number of fused-ring (bicyclic) bond motifs is 2. The molecule has 6 nitrogen and oxygen atoms in total. The number of likely N-dealkylation sites (tertiary alicyclic amines) is 1. The molecule has 42 heavy (non-hydrogen) atoms. The number of halogens is 1. The number of carbonyl (C=O) groups is 1. The Hall–Kier alpha value is -4.12. The predicted octanol–water partition coefficient (Wildman–Crippen LogP) is 7.56. The lowest BCUT2D eigenvalue weighted by Crippen LogP contribution is -2.29. The van der Waals surface area contributed by atoms with Crippen LogP contribution in [0.4, 0.5) is 5.69 Å². The van der Waals surface area contributed by atoms with Gasteiger partial charge in [-0.15, -0.1) is 0 Å². The van der Waals surface area contributed by atoms with E-state index in [1.165, 1.54) is 19.3 Å². The van der Waals surface area contributed by atoms with E-state index in [2.05, 4.69) is 73.3 Å². The number of pyridine rings is 1. The Kier molecular flexibility index (Phi) is 8.55. The van der Waals surface area contributed by atoms with Gasteiger partial charge in [-0.2, -0.15) is 0 Å². The molecular weight excluding hydrogens is 588 g/mol. The fraction of sp³-hybridized carbons (Fsp3) is 0.257. The molecule has 0 radical (unpaired) electrons. The van der Waals surface area contributed by atoms with Crippen molar-refractivity contribution in [2.45, 2.75) is 32.1 Å². The van der Waals surface area contributed by atoms with Crippen molar-refractivity contribution in [3.05, 3.63) is 88.5 Å². The van der Waals surface area contributed by atoms with Crippen LogP contribution in [0.25, 0.3) is 33.1 Å². The van der Waals surface area contributed by atoms with E-state index in [4.69, 9.17) is 9.72 Å². The highest BCUT2D eigenvalue weighted by atomic mass is 79.9. The first kappa shape index (κ1) is 28.0. The molecular formula is C35H33BrN4O2. The molecule has 3 heterocycles. The normalized spacial score (nSPS) is 13.6. The highest BCUT2D eigenvalue weighted by Gasteiger charge is 2.14. The number of methoxy groups -OCH3 is 1. The van der Waals surface area contributed by atoms with E-state index < -0.39 is 0 Å². The minimum absolute atomic E-state index is 0.0415. The molecule has 1 aliphatic rings. The van der Waals surface area contributed by atoms with Crippen LogP contribution in [0.3, 0.4) is 0 Å². The highest BCUT2D eigenvalue weighted by Crippen LogP contribution is 2.33. The molecule has 0 atom stereocenters. The van der Waals surface area contributed by atoms with E-state index in [9.17, 15) is 4.79 Å². The fourth-order valence-electron chi connectivity index (χ4n) is 5.54. The molecule has 0 saturated carbocycles. The molecule has 6 rings (SSSR count). The molecule has 1 saturated heterocycles. The van der Waals surface area contributed by atoms with Gasteiger partial charge < -0.3 is 15.0 Å². The van der Waals surface area contributed by atoms with Gasteiger partial charge in [0.25, 0.3) is 0 Å². The summed E-state index contributed by atoms with van der Waals surface area (Å²) in [6.45, 7) is 3.06. The quantitative estimate of drug-likeness (QED) is 0.184. The van der Waals surface area contributed by atoms with Gasteiger partial charge in [-0.25, -0.2) is 4.98 Å². The molecule has 5 aromatic rings. The number of aromatic amines is 1. The Balaban J connectivity index is 1.30. The van der Waals surface area contributed by atoms with Crippen molar-refractivity contribution in [2.75, 3.05) is 32.1 Å². The first-order valence-electron chi connectivity index (χ1n) is 14.4. The van der Waals surface area contributed by atoms with Crippen LogP contribution in [-0.2, 0) is 11.2 Å². The summed E-state index contributed by atoms with van der Waals surface area (Å²) in [6.07, 6.45) is 6.76. The van der Waals surface area contributed by atoms with Crippen LogP contribution in [0, 0.1) is 11.8 Å². The van der Waals surface area contributed by atoms with Gasteiger partial charge in [0.2, 0.25) is 5.91 Å². The molecule has 212 valence electrons. The number of nitrogens with zero attached hydrogens (tertiary/aromatic N) is 2. The van der Waals surface area contributed by atoms with Crippen molar-refractivity contribution in [1.29, 1.82) is 0 Å². The first-order valence-corrected chi connectivity index (χ1v) is 15.2. The average molecular weight is 622 g/mol. The molecule has 0 aliphatic carbocycles. The first-order chi connectivity index (χ1) is 20.6.